The third-order valence-electron chi connectivity index (χ3n) is 18.0. The van der Waals surface area contributed by atoms with Gasteiger partial charge in [0.15, 0.2) is 5.78 Å². The highest BCUT2D eigenvalue weighted by Crippen LogP contribution is 2.36. The van der Waals surface area contributed by atoms with Crippen molar-refractivity contribution in [2.75, 3.05) is 52.9 Å². The first kappa shape index (κ1) is 61.4. The third kappa shape index (κ3) is 17.4. The monoisotopic (exact) mass is 1100 g/mol. The Bertz CT molecular complexity index is 2340. The summed E-state index contributed by atoms with van der Waals surface area (Å²) in [5.41, 5.74) is 2.78. The Hall–Kier alpha value is -6.22. The van der Waals surface area contributed by atoms with Gasteiger partial charge in [0.2, 0.25) is 29.5 Å². The first-order valence-electron chi connectivity index (χ1n) is 30.4. The smallest absolute Gasteiger partial charge is 0.251 e. The second-order valence-electron chi connectivity index (χ2n) is 23.4. The number of Topliss-reactive ketones (excluding diaryl/α,β-unsaturated/α-hetero) is 2. The number of benzene rings is 3. The number of nitrogens with one attached hydrogen (secondary N) is 3. The highest BCUT2D eigenvalue weighted by Gasteiger charge is 2.41. The highest BCUT2D eigenvalue weighted by molar-refractivity contribution is 6.00. The summed E-state index contributed by atoms with van der Waals surface area (Å²) < 4.78 is 0. The maximum absolute atomic E-state index is 14.6. The fourth-order valence-corrected chi connectivity index (χ4v) is 12.6. The number of amides is 6. The zero-order chi connectivity index (χ0) is 57.0. The van der Waals surface area contributed by atoms with Crippen LogP contribution in [0.25, 0.3) is 0 Å². The molecule has 4 fully saturated rings. The Morgan fingerprint density at radius 1 is 0.588 bits per heavy atom. The van der Waals surface area contributed by atoms with Gasteiger partial charge < -0.3 is 35.6 Å². The summed E-state index contributed by atoms with van der Waals surface area (Å²) in [5, 5.41) is 9.02. The fraction of sp³-hybridized carbons (Fsp3) is 0.600. The number of hydrogen-bond acceptors (Lipinski definition) is 9. The molecule has 0 aromatic heterocycles. The number of likely N-dealkylation sites (N-methyl/N-ethyl adjacent to an activating group) is 1. The molecule has 15 nitrogen and oxygen atoms in total. The molecule has 2 saturated heterocycles. The van der Waals surface area contributed by atoms with Crippen molar-refractivity contribution in [3.8, 4) is 0 Å². The SMILES string of the molecule is CC[C@@H](C)C(=O)N[C@H](C(=O)N1CCC[C@H]1CN(CCc1ccccc1)C(=O)CCC(=O)c1ccc(C(=O)NCC(=O)N(CCc2ccccc2)C[C@@H]2CCCN2C(=O)[C@@H](CC(=O)[C@H](C)NC)C2CCCCC2)cc1)C1CCCCC1. The lowest BCUT2D eigenvalue weighted by molar-refractivity contribution is -0.143. The molecule has 2 aliphatic carbocycles. The van der Waals surface area contributed by atoms with Gasteiger partial charge in [0.25, 0.3) is 5.91 Å². The molecular formula is C65H91N7O8. The van der Waals surface area contributed by atoms with Gasteiger partial charge in [-0.15, -0.1) is 0 Å². The Balaban J connectivity index is 0.962. The predicted molar refractivity (Wildman–Crippen MR) is 311 cm³/mol. The van der Waals surface area contributed by atoms with Gasteiger partial charge >= 0.3 is 0 Å². The average Bonchev–Trinajstić information content (AvgIpc) is 4.19. The zero-order valence-electron chi connectivity index (χ0n) is 48.3. The first-order valence-corrected chi connectivity index (χ1v) is 30.4. The molecule has 3 aromatic carbocycles. The molecule has 0 bridgehead atoms. The van der Waals surface area contributed by atoms with Gasteiger partial charge in [-0.05, 0) is 120 Å². The Labute approximate surface area is 476 Å². The molecule has 0 spiro atoms. The van der Waals surface area contributed by atoms with Crippen LogP contribution >= 0.6 is 0 Å². The van der Waals surface area contributed by atoms with Gasteiger partial charge in [0.1, 0.15) is 11.8 Å². The van der Waals surface area contributed by atoms with E-state index in [1.165, 1.54) is 0 Å². The van der Waals surface area contributed by atoms with Gasteiger partial charge in [0, 0.05) is 93.6 Å². The van der Waals surface area contributed by atoms with Crippen LogP contribution in [0.2, 0.25) is 0 Å². The molecule has 6 atom stereocenters. The van der Waals surface area contributed by atoms with E-state index in [4.69, 9.17) is 0 Å². The van der Waals surface area contributed by atoms with E-state index in [-0.39, 0.29) is 108 Å². The van der Waals surface area contributed by atoms with Crippen LogP contribution in [-0.2, 0) is 41.6 Å². The summed E-state index contributed by atoms with van der Waals surface area (Å²) in [6.07, 6.45) is 15.2. The minimum atomic E-state index is -0.594. The number of hydrogen-bond donors (Lipinski definition) is 3. The van der Waals surface area contributed by atoms with Crippen molar-refractivity contribution in [3.05, 3.63) is 107 Å². The number of nitrogens with zero attached hydrogens (tertiary/aromatic N) is 4. The largest absolute Gasteiger partial charge is 0.344 e. The van der Waals surface area contributed by atoms with Crippen LogP contribution in [-0.4, -0.2) is 144 Å². The van der Waals surface area contributed by atoms with Crippen LogP contribution in [0.4, 0.5) is 0 Å². The maximum Gasteiger partial charge on any atom is 0.251 e. The van der Waals surface area contributed by atoms with Gasteiger partial charge in [-0.2, -0.15) is 0 Å². The Kier molecular flexibility index (Phi) is 23.9. The molecule has 2 heterocycles. The maximum atomic E-state index is 14.6. The lowest BCUT2D eigenvalue weighted by Gasteiger charge is -2.37. The minimum absolute atomic E-state index is 0.0127. The van der Waals surface area contributed by atoms with Gasteiger partial charge in [-0.1, -0.05) is 125 Å². The van der Waals surface area contributed by atoms with Crippen molar-refractivity contribution in [2.45, 2.75) is 173 Å². The number of likely N-dealkylation sites (tertiary alicyclic amines) is 2. The van der Waals surface area contributed by atoms with Crippen molar-refractivity contribution < 1.29 is 38.4 Å². The first-order chi connectivity index (χ1) is 38.7. The minimum Gasteiger partial charge on any atom is -0.344 e. The number of ketones is 2. The summed E-state index contributed by atoms with van der Waals surface area (Å²) >= 11 is 0. The summed E-state index contributed by atoms with van der Waals surface area (Å²) in [7, 11) is 1.76. The molecule has 0 unspecified atom stereocenters. The van der Waals surface area contributed by atoms with Crippen LogP contribution in [0, 0.1) is 23.7 Å². The number of rotatable bonds is 28. The molecule has 80 heavy (non-hydrogen) atoms. The van der Waals surface area contributed by atoms with E-state index in [0.29, 0.717) is 64.1 Å². The van der Waals surface area contributed by atoms with Crippen molar-refractivity contribution >= 4 is 47.0 Å². The second kappa shape index (κ2) is 31.1. The quantitative estimate of drug-likeness (QED) is 0.0601. The molecule has 434 valence electrons. The van der Waals surface area contributed by atoms with E-state index < -0.39 is 17.9 Å². The lowest BCUT2D eigenvalue weighted by atomic mass is 9.76. The molecule has 0 radical (unpaired) electrons. The lowest BCUT2D eigenvalue weighted by Crippen LogP contribution is -2.56. The molecule has 3 aromatic rings. The van der Waals surface area contributed by atoms with Gasteiger partial charge in [0.05, 0.1) is 12.6 Å². The van der Waals surface area contributed by atoms with Crippen LogP contribution in [0.1, 0.15) is 168 Å². The Morgan fingerprint density at radius 2 is 1.10 bits per heavy atom. The fourth-order valence-electron chi connectivity index (χ4n) is 12.6. The van der Waals surface area contributed by atoms with Crippen molar-refractivity contribution in [1.29, 1.82) is 0 Å². The predicted octanol–water partition coefficient (Wildman–Crippen LogP) is 8.38. The van der Waals surface area contributed by atoms with Gasteiger partial charge in [-0.25, -0.2) is 0 Å². The molecule has 7 rings (SSSR count). The molecular weight excluding hydrogens is 1010 g/mol. The van der Waals surface area contributed by atoms with Crippen LogP contribution in [0.5, 0.6) is 0 Å². The van der Waals surface area contributed by atoms with E-state index in [1.807, 2.05) is 91.2 Å². The van der Waals surface area contributed by atoms with Crippen LogP contribution in [0.3, 0.4) is 0 Å². The average molecular weight is 1100 g/mol. The number of carbonyl (C=O) groups is 8. The highest BCUT2D eigenvalue weighted by atomic mass is 16.2. The third-order valence-corrected chi connectivity index (χ3v) is 18.0. The van der Waals surface area contributed by atoms with E-state index in [1.54, 1.807) is 41.1 Å². The topological polar surface area (TPSA) is 186 Å². The van der Waals surface area contributed by atoms with Crippen molar-refractivity contribution in [3.63, 3.8) is 0 Å². The standard InChI is InChI=1S/C65H91N7O8/c1-5-46(2)62(77)68-61(52-26-16-9-17-27-52)65(80)72-39-19-29-55(72)44-69(40-36-48-20-10-6-11-21-48)59(75)35-34-57(73)51-30-32-53(33-31-51)63(78)67-43-60(76)70(41-37-49-22-12-7-13-23-49)45-54-28-18-38-71(54)64(79)56(42-58(74)47(3)66-4)50-24-14-8-15-25-50/h6-7,10-13,20-23,30-33,46-47,50,52,54-56,61,66H,5,8-9,14-19,24-29,34-45H2,1-4H3,(H,67,78)(H,68,77)/t46-,47+,54+,55+,56+,61+/m1/s1. The summed E-state index contributed by atoms with van der Waals surface area (Å²) in [6.45, 7) is 8.05. The molecule has 4 aliphatic rings. The summed E-state index contributed by atoms with van der Waals surface area (Å²) in [6, 6.07) is 24.7. The van der Waals surface area contributed by atoms with Crippen molar-refractivity contribution in [1.82, 2.24) is 35.6 Å². The van der Waals surface area contributed by atoms with E-state index >= 15 is 0 Å². The normalized spacial score (nSPS) is 19.4. The molecule has 2 saturated carbocycles. The zero-order valence-corrected chi connectivity index (χ0v) is 48.3. The van der Waals surface area contributed by atoms with Gasteiger partial charge in [-0.3, -0.25) is 38.4 Å². The van der Waals surface area contributed by atoms with Crippen LogP contribution in [0.15, 0.2) is 84.9 Å². The number of carbonyl (C=O) groups excluding carboxylic acids is 8. The summed E-state index contributed by atoms with van der Waals surface area (Å²) in [5.74, 6) is -1.63. The molecule has 15 heteroatoms. The van der Waals surface area contributed by atoms with E-state index in [9.17, 15) is 38.4 Å². The van der Waals surface area contributed by atoms with Crippen LogP contribution < -0.4 is 16.0 Å². The van der Waals surface area contributed by atoms with E-state index in [0.717, 1.165) is 101 Å². The summed E-state index contributed by atoms with van der Waals surface area (Å²) in [4.78, 5) is 119. The van der Waals surface area contributed by atoms with Crippen molar-refractivity contribution in [2.24, 2.45) is 23.7 Å². The molecule has 3 N–H and O–H groups in total. The molecule has 6 amide bonds. The molecule has 2 aliphatic heterocycles. The Morgan fingerprint density at radius 3 is 1.64 bits per heavy atom. The van der Waals surface area contributed by atoms with E-state index in [2.05, 4.69) is 16.0 Å². The second-order valence-corrected chi connectivity index (χ2v) is 23.4.